The second kappa shape index (κ2) is 6.08. The van der Waals surface area contributed by atoms with Crippen molar-refractivity contribution in [2.45, 2.75) is 6.42 Å². The lowest BCUT2D eigenvalue weighted by Gasteiger charge is -2.09. The molecular formula is C17H16N2OS. The van der Waals surface area contributed by atoms with Gasteiger partial charge < -0.3 is 11.1 Å². The Morgan fingerprint density at radius 3 is 2.86 bits per heavy atom. The Bertz CT molecular complexity index is 779. The van der Waals surface area contributed by atoms with Gasteiger partial charge in [0.1, 0.15) is 0 Å². The first-order chi connectivity index (χ1) is 10.3. The van der Waals surface area contributed by atoms with Gasteiger partial charge in [-0.3, -0.25) is 4.79 Å². The molecule has 1 heterocycles. The third kappa shape index (κ3) is 2.96. The van der Waals surface area contributed by atoms with Crippen LogP contribution in [0, 0.1) is 0 Å². The first-order valence-electron chi connectivity index (χ1n) is 6.84. The van der Waals surface area contributed by atoms with Gasteiger partial charge in [-0.15, -0.1) is 11.3 Å². The van der Waals surface area contributed by atoms with Crippen LogP contribution in [0.4, 0.5) is 5.69 Å². The Morgan fingerprint density at radius 1 is 1.14 bits per heavy atom. The van der Waals surface area contributed by atoms with Crippen LogP contribution in [0.5, 0.6) is 0 Å². The third-order valence-electron chi connectivity index (χ3n) is 3.39. The predicted octanol–water partition coefficient (Wildman–Crippen LogP) is 3.65. The fraction of sp³-hybridized carbons (Fsp3) is 0.118. The monoisotopic (exact) mass is 296 g/mol. The van der Waals surface area contributed by atoms with E-state index < -0.39 is 0 Å². The van der Waals surface area contributed by atoms with Crippen LogP contribution in [0.3, 0.4) is 0 Å². The van der Waals surface area contributed by atoms with E-state index in [0.717, 1.165) is 16.6 Å². The van der Waals surface area contributed by atoms with Crippen molar-refractivity contribution in [3.63, 3.8) is 0 Å². The van der Waals surface area contributed by atoms with Crippen LogP contribution in [-0.2, 0) is 6.42 Å². The number of anilines is 1. The van der Waals surface area contributed by atoms with Gasteiger partial charge in [0, 0.05) is 16.0 Å². The summed E-state index contributed by atoms with van der Waals surface area (Å²) in [5, 5.41) is 6.16. The van der Waals surface area contributed by atoms with Crippen molar-refractivity contribution < 1.29 is 4.79 Å². The van der Waals surface area contributed by atoms with Crippen LogP contribution in [-0.4, -0.2) is 12.5 Å². The highest BCUT2D eigenvalue weighted by atomic mass is 32.1. The minimum absolute atomic E-state index is 0.0892. The van der Waals surface area contributed by atoms with Crippen molar-refractivity contribution in [3.8, 4) is 0 Å². The molecule has 1 aromatic heterocycles. The van der Waals surface area contributed by atoms with E-state index in [1.54, 1.807) is 11.3 Å². The number of hydrogen-bond donors (Lipinski definition) is 2. The number of carbonyl (C=O) groups is 1. The van der Waals surface area contributed by atoms with E-state index >= 15 is 0 Å². The first-order valence-corrected chi connectivity index (χ1v) is 7.72. The number of hydrogen-bond acceptors (Lipinski definition) is 3. The molecule has 0 spiro atoms. The topological polar surface area (TPSA) is 55.1 Å². The molecule has 0 saturated carbocycles. The second-order valence-electron chi connectivity index (χ2n) is 4.82. The van der Waals surface area contributed by atoms with E-state index in [2.05, 4.69) is 11.4 Å². The van der Waals surface area contributed by atoms with Gasteiger partial charge in [-0.2, -0.15) is 0 Å². The molecule has 0 saturated heterocycles. The first kappa shape index (κ1) is 13.8. The average molecular weight is 296 g/mol. The van der Waals surface area contributed by atoms with Gasteiger partial charge in [0.25, 0.3) is 5.91 Å². The number of benzene rings is 2. The van der Waals surface area contributed by atoms with Crippen molar-refractivity contribution in [2.24, 2.45) is 5.73 Å². The predicted molar refractivity (Wildman–Crippen MR) is 89.0 cm³/mol. The lowest BCUT2D eigenvalue weighted by atomic mass is 10.0. The van der Waals surface area contributed by atoms with Crippen LogP contribution in [0.25, 0.3) is 10.1 Å². The molecule has 0 aliphatic carbocycles. The zero-order chi connectivity index (χ0) is 14.7. The molecule has 0 fully saturated rings. The molecule has 0 bridgehead atoms. The number of nitrogens with two attached hydrogens (primary N) is 1. The Labute approximate surface area is 127 Å². The van der Waals surface area contributed by atoms with Gasteiger partial charge in [0.2, 0.25) is 0 Å². The van der Waals surface area contributed by atoms with Gasteiger partial charge in [-0.1, -0.05) is 18.2 Å². The van der Waals surface area contributed by atoms with E-state index in [1.165, 1.54) is 4.70 Å². The van der Waals surface area contributed by atoms with Crippen LogP contribution in [0.15, 0.2) is 53.9 Å². The van der Waals surface area contributed by atoms with Crippen LogP contribution in [0.2, 0.25) is 0 Å². The van der Waals surface area contributed by atoms with Gasteiger partial charge in [-0.05, 0) is 59.6 Å². The fourth-order valence-electron chi connectivity index (χ4n) is 2.36. The molecule has 0 radical (unpaired) electrons. The minimum Gasteiger partial charge on any atom is -0.330 e. The molecule has 0 aliphatic rings. The molecule has 106 valence electrons. The summed E-state index contributed by atoms with van der Waals surface area (Å²) in [5.41, 5.74) is 8.08. The van der Waals surface area contributed by atoms with E-state index in [-0.39, 0.29) is 5.91 Å². The molecule has 4 heteroatoms. The zero-order valence-electron chi connectivity index (χ0n) is 11.5. The Balaban J connectivity index is 1.85. The summed E-state index contributed by atoms with van der Waals surface area (Å²) >= 11 is 1.69. The van der Waals surface area contributed by atoms with Crippen molar-refractivity contribution in [3.05, 3.63) is 65.0 Å². The smallest absolute Gasteiger partial charge is 0.255 e. The summed E-state index contributed by atoms with van der Waals surface area (Å²) in [7, 11) is 0. The molecule has 1 amide bonds. The van der Waals surface area contributed by atoms with Crippen LogP contribution < -0.4 is 11.1 Å². The molecule has 3 rings (SSSR count). The number of thiophene rings is 1. The molecule has 21 heavy (non-hydrogen) atoms. The van der Waals surface area contributed by atoms with Gasteiger partial charge in [0.05, 0.1) is 0 Å². The lowest BCUT2D eigenvalue weighted by Crippen LogP contribution is -2.15. The fourth-order valence-corrected chi connectivity index (χ4v) is 3.13. The lowest BCUT2D eigenvalue weighted by molar-refractivity contribution is 0.102. The molecular weight excluding hydrogens is 280 g/mol. The largest absolute Gasteiger partial charge is 0.330 e. The summed E-state index contributed by atoms with van der Waals surface area (Å²) in [5.74, 6) is -0.0892. The summed E-state index contributed by atoms with van der Waals surface area (Å²) in [6.07, 6.45) is 0.702. The average Bonchev–Trinajstić information content (AvgIpc) is 2.95. The Morgan fingerprint density at radius 2 is 2.00 bits per heavy atom. The van der Waals surface area contributed by atoms with Crippen molar-refractivity contribution >= 4 is 33.0 Å². The van der Waals surface area contributed by atoms with Crippen molar-refractivity contribution in [2.75, 3.05) is 11.9 Å². The van der Waals surface area contributed by atoms with E-state index in [9.17, 15) is 4.79 Å². The zero-order valence-corrected chi connectivity index (χ0v) is 12.3. The Hall–Kier alpha value is -2.17. The summed E-state index contributed by atoms with van der Waals surface area (Å²) in [6.45, 7) is 0.533. The van der Waals surface area contributed by atoms with E-state index in [1.807, 2.05) is 47.8 Å². The quantitative estimate of drug-likeness (QED) is 0.772. The maximum atomic E-state index is 12.4. The highest BCUT2D eigenvalue weighted by molar-refractivity contribution is 7.17. The third-order valence-corrected chi connectivity index (χ3v) is 4.28. The number of amides is 1. The van der Waals surface area contributed by atoms with E-state index in [4.69, 9.17) is 5.73 Å². The molecule has 0 unspecified atom stereocenters. The summed E-state index contributed by atoms with van der Waals surface area (Å²) in [4.78, 5) is 12.4. The van der Waals surface area contributed by atoms with Crippen molar-refractivity contribution in [1.29, 1.82) is 0 Å². The molecule has 2 aromatic carbocycles. The normalized spacial score (nSPS) is 10.7. The molecule has 3 aromatic rings. The Kier molecular flexibility index (Phi) is 3.99. The van der Waals surface area contributed by atoms with Crippen LogP contribution in [0.1, 0.15) is 15.9 Å². The minimum atomic E-state index is -0.0892. The van der Waals surface area contributed by atoms with Crippen LogP contribution >= 0.6 is 11.3 Å². The van der Waals surface area contributed by atoms with E-state index in [0.29, 0.717) is 18.5 Å². The number of fused-ring (bicyclic) bond motifs is 1. The van der Waals surface area contributed by atoms with Gasteiger partial charge in [-0.25, -0.2) is 0 Å². The maximum absolute atomic E-state index is 12.4. The highest BCUT2D eigenvalue weighted by Gasteiger charge is 2.10. The summed E-state index contributed by atoms with van der Waals surface area (Å²) < 4.78 is 1.22. The van der Waals surface area contributed by atoms with Gasteiger partial charge >= 0.3 is 0 Å². The second-order valence-corrected chi connectivity index (χ2v) is 5.77. The number of carbonyl (C=O) groups excluding carboxylic acids is 1. The number of nitrogens with one attached hydrogen (secondary N) is 1. The molecule has 3 nitrogen and oxygen atoms in total. The molecule has 3 N–H and O–H groups in total. The summed E-state index contributed by atoms with van der Waals surface area (Å²) in [6, 6.07) is 15.6. The molecule has 0 atom stereocenters. The maximum Gasteiger partial charge on any atom is 0.255 e. The van der Waals surface area contributed by atoms with Crippen molar-refractivity contribution in [1.82, 2.24) is 0 Å². The highest BCUT2D eigenvalue weighted by Crippen LogP contribution is 2.24. The standard InChI is InChI=1S/C17H16N2OS/c18-9-7-12-3-1-2-4-15(12)17(20)19-14-5-6-16-13(11-14)8-10-21-16/h1-6,8,10-11H,7,9,18H2,(H,19,20). The van der Waals surface area contributed by atoms with Gasteiger partial charge in [0.15, 0.2) is 0 Å². The SMILES string of the molecule is NCCc1ccccc1C(=O)Nc1ccc2sccc2c1. The number of rotatable bonds is 4. The molecule has 0 aliphatic heterocycles.